The first kappa shape index (κ1) is 17.2. The largest absolute Gasteiger partial charge is 0.371 e. The highest BCUT2D eigenvalue weighted by atomic mass is 79.9. The molecule has 0 bridgehead atoms. The van der Waals surface area contributed by atoms with Crippen LogP contribution in [0.2, 0.25) is 5.02 Å². The van der Waals surface area contributed by atoms with Crippen LogP contribution in [-0.4, -0.2) is 22.5 Å². The molecule has 0 saturated carbocycles. The Bertz CT molecular complexity index is 1060. The van der Waals surface area contributed by atoms with Gasteiger partial charge < -0.3 is 9.82 Å². The first-order valence-electron chi connectivity index (χ1n) is 7.35. The minimum Gasteiger partial charge on any atom is -0.371 e. The fourth-order valence-corrected chi connectivity index (χ4v) is 3.13. The molecule has 2 heterocycles. The number of nitrogens with zero attached hydrogens (tertiary/aromatic N) is 3. The lowest BCUT2D eigenvalue weighted by Crippen LogP contribution is -2.28. The number of hydrogen-bond acceptors (Lipinski definition) is 4. The molecule has 0 saturated heterocycles. The van der Waals surface area contributed by atoms with Gasteiger partial charge in [0.05, 0.1) is 15.9 Å². The summed E-state index contributed by atoms with van der Waals surface area (Å²) >= 11 is 9.06. The van der Waals surface area contributed by atoms with E-state index in [0.717, 1.165) is 6.07 Å². The van der Waals surface area contributed by atoms with E-state index in [-0.39, 0.29) is 34.2 Å². The van der Waals surface area contributed by atoms with E-state index < -0.39 is 17.5 Å². The second-order valence-corrected chi connectivity index (χ2v) is 6.43. The molecule has 0 spiro atoms. The number of aromatic amines is 1. The maximum absolute atomic E-state index is 14.1. The highest BCUT2D eigenvalue weighted by Crippen LogP contribution is 2.30. The first-order chi connectivity index (χ1) is 12.5. The van der Waals surface area contributed by atoms with Crippen molar-refractivity contribution < 1.29 is 18.0 Å². The molecular weight excluding hydrogens is 437 g/mol. The average Bonchev–Trinajstić information content (AvgIpc) is 3.27. The third kappa shape index (κ3) is 2.71. The molecule has 3 aromatic rings. The minimum absolute atomic E-state index is 0.0111. The fourth-order valence-electron chi connectivity index (χ4n) is 2.69. The quantitative estimate of drug-likeness (QED) is 0.596. The molecular formula is C16H9BrClF3N4O. The zero-order valence-corrected chi connectivity index (χ0v) is 15.2. The molecule has 5 nitrogen and oxygen atoms in total. The summed E-state index contributed by atoms with van der Waals surface area (Å²) in [4.78, 5) is 13.7. The van der Waals surface area contributed by atoms with E-state index in [1.54, 1.807) is 4.90 Å². The van der Waals surface area contributed by atoms with Gasteiger partial charge in [-0.1, -0.05) is 32.7 Å². The summed E-state index contributed by atoms with van der Waals surface area (Å²) in [7, 11) is 0. The molecule has 0 amide bonds. The van der Waals surface area contributed by atoms with Crippen molar-refractivity contribution in [3.63, 3.8) is 0 Å². The Morgan fingerprint density at radius 3 is 2.77 bits per heavy atom. The molecule has 1 aliphatic rings. The smallest absolute Gasteiger partial charge is 0.195 e. The number of aromatic nitrogens is 2. The highest BCUT2D eigenvalue weighted by molar-refractivity contribution is 9.08. The number of benzene rings is 2. The number of H-pyrrole nitrogens is 1. The fraction of sp³-hybridized carbons (Fsp3) is 0.125. The third-order valence-electron chi connectivity index (χ3n) is 3.89. The molecule has 1 aliphatic heterocycles. The Labute approximate surface area is 158 Å². The van der Waals surface area contributed by atoms with E-state index in [4.69, 9.17) is 16.4 Å². The van der Waals surface area contributed by atoms with Crippen LogP contribution >= 0.6 is 27.5 Å². The van der Waals surface area contributed by atoms with E-state index >= 15 is 0 Å². The number of amidine groups is 1. The number of halogens is 5. The standard InChI is InChI=1S/C16H9BrClF3N4O/c17-5-12-22-14-8(4-11(20)13(21)15(14)23-12)16-24-26-6-25(16)7-1-2-10(19)9(18)3-7/h1-4H,5-6H2,(H,22,23). The van der Waals surface area contributed by atoms with Gasteiger partial charge in [0.1, 0.15) is 17.2 Å². The van der Waals surface area contributed by atoms with E-state index in [9.17, 15) is 13.2 Å². The van der Waals surface area contributed by atoms with Gasteiger partial charge in [-0.2, -0.15) is 0 Å². The van der Waals surface area contributed by atoms with Crippen LogP contribution in [0, 0.1) is 17.5 Å². The van der Waals surface area contributed by atoms with Crippen molar-refractivity contribution in [2.24, 2.45) is 5.16 Å². The summed E-state index contributed by atoms with van der Waals surface area (Å²) in [5.41, 5.74) is 0.893. The Morgan fingerprint density at radius 2 is 2.04 bits per heavy atom. The molecule has 1 aromatic heterocycles. The van der Waals surface area contributed by atoms with Crippen LogP contribution in [-0.2, 0) is 10.2 Å². The lowest BCUT2D eigenvalue weighted by Gasteiger charge is -2.18. The number of rotatable bonds is 3. The molecule has 10 heteroatoms. The normalized spacial score (nSPS) is 14.0. The van der Waals surface area contributed by atoms with Gasteiger partial charge >= 0.3 is 0 Å². The summed E-state index contributed by atoms with van der Waals surface area (Å²) in [6.45, 7) is 0.0111. The number of fused-ring (bicyclic) bond motifs is 1. The average molecular weight is 446 g/mol. The van der Waals surface area contributed by atoms with Crippen molar-refractivity contribution in [3.8, 4) is 0 Å². The molecule has 0 fully saturated rings. The number of nitrogens with one attached hydrogen (secondary N) is 1. The molecule has 0 atom stereocenters. The maximum atomic E-state index is 14.1. The van der Waals surface area contributed by atoms with E-state index in [2.05, 4.69) is 31.1 Å². The summed E-state index contributed by atoms with van der Waals surface area (Å²) in [6.07, 6.45) is 0. The maximum Gasteiger partial charge on any atom is 0.195 e. The van der Waals surface area contributed by atoms with Crippen LogP contribution in [0.5, 0.6) is 0 Å². The van der Waals surface area contributed by atoms with Crippen LogP contribution < -0.4 is 4.90 Å². The summed E-state index contributed by atoms with van der Waals surface area (Å²) in [5.74, 6) is -2.03. The van der Waals surface area contributed by atoms with Crippen LogP contribution in [0.25, 0.3) is 11.0 Å². The Morgan fingerprint density at radius 1 is 1.23 bits per heavy atom. The second kappa shape index (κ2) is 6.48. The highest BCUT2D eigenvalue weighted by Gasteiger charge is 2.28. The molecule has 134 valence electrons. The van der Waals surface area contributed by atoms with E-state index in [1.165, 1.54) is 18.2 Å². The second-order valence-electron chi connectivity index (χ2n) is 5.46. The van der Waals surface area contributed by atoms with Gasteiger partial charge in [-0.15, -0.1) is 0 Å². The first-order valence-corrected chi connectivity index (χ1v) is 8.85. The predicted molar refractivity (Wildman–Crippen MR) is 95.0 cm³/mol. The monoisotopic (exact) mass is 444 g/mol. The molecule has 0 radical (unpaired) electrons. The third-order valence-corrected chi connectivity index (χ3v) is 4.71. The van der Waals surface area contributed by atoms with Crippen molar-refractivity contribution in [3.05, 3.63) is 58.1 Å². The van der Waals surface area contributed by atoms with Crippen molar-refractivity contribution in [1.82, 2.24) is 9.97 Å². The Balaban J connectivity index is 1.87. The van der Waals surface area contributed by atoms with Gasteiger partial charge in [0.15, 0.2) is 24.2 Å². The summed E-state index contributed by atoms with van der Waals surface area (Å²) < 4.78 is 41.6. The molecule has 26 heavy (non-hydrogen) atoms. The number of anilines is 1. The summed E-state index contributed by atoms with van der Waals surface area (Å²) in [5, 5.41) is 4.19. The number of alkyl halides is 1. The van der Waals surface area contributed by atoms with Gasteiger partial charge in [-0.05, 0) is 24.3 Å². The molecule has 0 unspecified atom stereocenters. The van der Waals surface area contributed by atoms with Crippen LogP contribution in [0.15, 0.2) is 29.4 Å². The molecule has 1 N–H and O–H groups in total. The molecule has 2 aromatic carbocycles. The Kier molecular flexibility index (Phi) is 4.28. The summed E-state index contributed by atoms with van der Waals surface area (Å²) in [6, 6.07) is 5.10. The zero-order valence-electron chi connectivity index (χ0n) is 12.9. The number of oxime groups is 1. The van der Waals surface area contributed by atoms with Gasteiger partial charge in [-0.25, -0.2) is 18.2 Å². The zero-order chi connectivity index (χ0) is 18.4. The van der Waals surface area contributed by atoms with Crippen molar-refractivity contribution >= 4 is 50.1 Å². The van der Waals surface area contributed by atoms with Crippen molar-refractivity contribution in [2.45, 2.75) is 5.33 Å². The lowest BCUT2D eigenvalue weighted by atomic mass is 10.1. The number of imidazole rings is 1. The Hall–Kier alpha value is -2.26. The molecule has 4 rings (SSSR count). The number of hydrogen-bond donors (Lipinski definition) is 1. The van der Waals surface area contributed by atoms with Gasteiger partial charge in [-0.3, -0.25) is 4.90 Å². The van der Waals surface area contributed by atoms with Crippen LogP contribution in [0.3, 0.4) is 0 Å². The lowest BCUT2D eigenvalue weighted by molar-refractivity contribution is 0.174. The SMILES string of the molecule is Fc1ccc(N2CON=C2c2cc(F)c(F)c3nc(CBr)[nH]c23)cc1Cl. The predicted octanol–water partition coefficient (Wildman–Crippen LogP) is 4.68. The van der Waals surface area contributed by atoms with Crippen molar-refractivity contribution in [1.29, 1.82) is 0 Å². The van der Waals surface area contributed by atoms with Gasteiger partial charge in [0, 0.05) is 11.3 Å². The van der Waals surface area contributed by atoms with Gasteiger partial charge in [0.25, 0.3) is 0 Å². The minimum atomic E-state index is -1.06. The topological polar surface area (TPSA) is 53.5 Å². The van der Waals surface area contributed by atoms with Crippen molar-refractivity contribution in [2.75, 3.05) is 11.6 Å². The van der Waals surface area contributed by atoms with E-state index in [1.807, 2.05) is 0 Å². The molecule has 0 aliphatic carbocycles. The van der Waals surface area contributed by atoms with Gasteiger partial charge in [0.2, 0.25) is 0 Å². The van der Waals surface area contributed by atoms with Crippen LogP contribution in [0.4, 0.5) is 18.9 Å². The van der Waals surface area contributed by atoms with E-state index in [0.29, 0.717) is 16.8 Å². The van der Waals surface area contributed by atoms with Crippen LogP contribution in [0.1, 0.15) is 11.4 Å².